The molecule has 0 radical (unpaired) electrons. The molecule has 132 valence electrons. The lowest BCUT2D eigenvalue weighted by Gasteiger charge is -2.09. The predicted molar refractivity (Wildman–Crippen MR) is 100 cm³/mol. The van der Waals surface area contributed by atoms with Crippen LogP contribution in [0.1, 0.15) is 27.0 Å². The lowest BCUT2D eigenvalue weighted by atomic mass is 10.0. The van der Waals surface area contributed by atoms with Gasteiger partial charge in [-0.1, -0.05) is 24.3 Å². The van der Waals surface area contributed by atoms with E-state index < -0.39 is 0 Å². The summed E-state index contributed by atoms with van der Waals surface area (Å²) in [6.07, 6.45) is 0. The molecule has 0 aliphatic rings. The van der Waals surface area contributed by atoms with E-state index in [1.54, 1.807) is 30.3 Å². The number of aromatic nitrogens is 2. The van der Waals surface area contributed by atoms with Gasteiger partial charge in [0.2, 0.25) is 0 Å². The molecular formula is C21H20N2O3. The van der Waals surface area contributed by atoms with Gasteiger partial charge in [-0.05, 0) is 54.8 Å². The number of aryl methyl sites for hydroxylation is 2. The zero-order valence-corrected chi connectivity index (χ0v) is 15.0. The van der Waals surface area contributed by atoms with Crippen molar-refractivity contribution in [1.29, 1.82) is 0 Å². The largest absolute Gasteiger partial charge is 0.465 e. The first-order valence-corrected chi connectivity index (χ1v) is 8.31. The number of carbonyl (C=O) groups is 1. The molecular weight excluding hydrogens is 328 g/mol. The monoisotopic (exact) mass is 348 g/mol. The van der Waals surface area contributed by atoms with Gasteiger partial charge in [0, 0.05) is 11.6 Å². The number of esters is 1. The summed E-state index contributed by atoms with van der Waals surface area (Å²) in [5.74, 6) is -0.386. The number of hydrogen-bond acceptors (Lipinski definition) is 4. The van der Waals surface area contributed by atoms with Crippen molar-refractivity contribution >= 4 is 5.97 Å². The molecule has 0 saturated carbocycles. The summed E-state index contributed by atoms with van der Waals surface area (Å²) in [6, 6.07) is 16.3. The van der Waals surface area contributed by atoms with E-state index >= 15 is 0 Å². The molecule has 1 heterocycles. The third-order valence-corrected chi connectivity index (χ3v) is 4.38. The van der Waals surface area contributed by atoms with Crippen LogP contribution in [-0.4, -0.2) is 22.9 Å². The summed E-state index contributed by atoms with van der Waals surface area (Å²) >= 11 is 0. The standard InChI is InChI=1S/C21H20N2O3/c1-14-4-7-18(12-15(14)2)19-10-11-20(24)23(22-19)13-16-5-8-17(9-6-16)21(25)26-3/h4-12H,13H2,1-3H3. The van der Waals surface area contributed by atoms with Gasteiger partial charge in [-0.15, -0.1) is 0 Å². The third kappa shape index (κ3) is 3.72. The minimum Gasteiger partial charge on any atom is -0.465 e. The summed E-state index contributed by atoms with van der Waals surface area (Å²) < 4.78 is 6.12. The van der Waals surface area contributed by atoms with E-state index in [1.165, 1.54) is 29.0 Å². The van der Waals surface area contributed by atoms with Crippen LogP contribution in [0.5, 0.6) is 0 Å². The van der Waals surface area contributed by atoms with Crippen molar-refractivity contribution in [2.24, 2.45) is 0 Å². The van der Waals surface area contributed by atoms with Crippen molar-refractivity contribution in [2.45, 2.75) is 20.4 Å². The molecule has 5 nitrogen and oxygen atoms in total. The van der Waals surface area contributed by atoms with Gasteiger partial charge in [-0.25, -0.2) is 9.48 Å². The highest BCUT2D eigenvalue weighted by Gasteiger charge is 2.07. The highest BCUT2D eigenvalue weighted by molar-refractivity contribution is 5.89. The number of nitrogens with zero attached hydrogens (tertiary/aromatic N) is 2. The van der Waals surface area contributed by atoms with E-state index in [9.17, 15) is 9.59 Å². The van der Waals surface area contributed by atoms with Crippen LogP contribution in [0.25, 0.3) is 11.3 Å². The summed E-state index contributed by atoms with van der Waals surface area (Å²) in [4.78, 5) is 23.7. The van der Waals surface area contributed by atoms with Crippen molar-refractivity contribution in [2.75, 3.05) is 7.11 Å². The maximum atomic E-state index is 12.2. The topological polar surface area (TPSA) is 61.2 Å². The maximum Gasteiger partial charge on any atom is 0.337 e. The molecule has 5 heteroatoms. The van der Waals surface area contributed by atoms with Crippen molar-refractivity contribution in [3.05, 3.63) is 87.2 Å². The number of methoxy groups -OCH3 is 1. The minimum absolute atomic E-state index is 0.172. The van der Waals surface area contributed by atoms with Gasteiger partial charge >= 0.3 is 5.97 Å². The van der Waals surface area contributed by atoms with Gasteiger partial charge in [-0.2, -0.15) is 5.10 Å². The molecule has 3 aromatic rings. The number of hydrogen-bond donors (Lipinski definition) is 0. The summed E-state index contributed by atoms with van der Waals surface area (Å²) in [7, 11) is 1.35. The van der Waals surface area contributed by atoms with Crippen molar-refractivity contribution in [3.8, 4) is 11.3 Å². The van der Waals surface area contributed by atoms with Crippen LogP contribution in [0.4, 0.5) is 0 Å². The Morgan fingerprint density at radius 3 is 2.38 bits per heavy atom. The Morgan fingerprint density at radius 1 is 1.00 bits per heavy atom. The SMILES string of the molecule is COC(=O)c1ccc(Cn2nc(-c3ccc(C)c(C)c3)ccc2=O)cc1. The number of rotatable bonds is 4. The van der Waals surface area contributed by atoms with Gasteiger partial charge in [0.05, 0.1) is 24.9 Å². The summed E-state index contributed by atoms with van der Waals surface area (Å²) in [5, 5.41) is 4.49. The molecule has 2 aromatic carbocycles. The highest BCUT2D eigenvalue weighted by Crippen LogP contribution is 2.19. The van der Waals surface area contributed by atoms with E-state index in [0.29, 0.717) is 12.1 Å². The molecule has 0 N–H and O–H groups in total. The van der Waals surface area contributed by atoms with Gasteiger partial charge in [0.15, 0.2) is 0 Å². The Kier molecular flexibility index (Phi) is 4.98. The average molecular weight is 348 g/mol. The lowest BCUT2D eigenvalue weighted by molar-refractivity contribution is 0.0600. The number of benzene rings is 2. The normalized spacial score (nSPS) is 10.6. The Bertz CT molecular complexity index is 1000. The van der Waals surface area contributed by atoms with Gasteiger partial charge in [0.1, 0.15) is 0 Å². The van der Waals surface area contributed by atoms with Gasteiger partial charge in [0.25, 0.3) is 5.56 Å². The Morgan fingerprint density at radius 2 is 1.73 bits per heavy atom. The van der Waals surface area contributed by atoms with Crippen LogP contribution >= 0.6 is 0 Å². The Hall–Kier alpha value is -3.21. The fraction of sp³-hybridized carbons (Fsp3) is 0.190. The van der Waals surface area contributed by atoms with E-state index in [4.69, 9.17) is 0 Å². The average Bonchev–Trinajstić information content (AvgIpc) is 2.66. The molecule has 1 aromatic heterocycles. The Balaban J connectivity index is 1.89. The second-order valence-corrected chi connectivity index (χ2v) is 6.20. The molecule has 0 bridgehead atoms. The van der Waals surface area contributed by atoms with Crippen molar-refractivity contribution in [3.63, 3.8) is 0 Å². The quantitative estimate of drug-likeness (QED) is 0.678. The van der Waals surface area contributed by atoms with Crippen LogP contribution in [0.15, 0.2) is 59.4 Å². The highest BCUT2D eigenvalue weighted by atomic mass is 16.5. The molecule has 0 saturated heterocycles. The van der Waals surface area contributed by atoms with E-state index in [2.05, 4.69) is 29.7 Å². The van der Waals surface area contributed by atoms with Crippen LogP contribution < -0.4 is 5.56 Å². The second-order valence-electron chi connectivity index (χ2n) is 6.20. The maximum absolute atomic E-state index is 12.2. The molecule has 0 unspecified atom stereocenters. The molecule has 0 aliphatic heterocycles. The van der Waals surface area contributed by atoms with Crippen LogP contribution in [0, 0.1) is 13.8 Å². The summed E-state index contributed by atoms with van der Waals surface area (Å²) in [6.45, 7) is 4.45. The first-order valence-electron chi connectivity index (χ1n) is 8.31. The molecule has 0 spiro atoms. The third-order valence-electron chi connectivity index (χ3n) is 4.38. The van der Waals surface area contributed by atoms with Crippen LogP contribution in [0.3, 0.4) is 0 Å². The molecule has 3 rings (SSSR count). The van der Waals surface area contributed by atoms with Crippen molar-refractivity contribution < 1.29 is 9.53 Å². The zero-order chi connectivity index (χ0) is 18.7. The molecule has 0 aliphatic carbocycles. The molecule has 26 heavy (non-hydrogen) atoms. The molecule has 0 amide bonds. The van der Waals surface area contributed by atoms with E-state index in [-0.39, 0.29) is 11.5 Å². The lowest BCUT2D eigenvalue weighted by Crippen LogP contribution is -2.22. The number of carbonyl (C=O) groups excluding carboxylic acids is 1. The van der Waals surface area contributed by atoms with Gasteiger partial charge < -0.3 is 4.74 Å². The first kappa shape index (κ1) is 17.6. The van der Waals surface area contributed by atoms with Crippen LogP contribution in [-0.2, 0) is 11.3 Å². The van der Waals surface area contributed by atoms with Crippen LogP contribution in [0.2, 0.25) is 0 Å². The number of ether oxygens (including phenoxy) is 1. The fourth-order valence-electron chi connectivity index (χ4n) is 2.65. The van der Waals surface area contributed by atoms with E-state index in [0.717, 1.165) is 16.8 Å². The second kappa shape index (κ2) is 7.35. The molecule has 0 fully saturated rings. The van der Waals surface area contributed by atoms with E-state index in [1.807, 2.05) is 12.1 Å². The minimum atomic E-state index is -0.386. The summed E-state index contributed by atoms with van der Waals surface area (Å²) in [5.41, 5.74) is 5.30. The predicted octanol–water partition coefficient (Wildman–Crippen LogP) is 3.36. The fourth-order valence-corrected chi connectivity index (χ4v) is 2.65. The Labute approximate surface area is 151 Å². The molecule has 0 atom stereocenters. The zero-order valence-electron chi connectivity index (χ0n) is 15.0. The first-order chi connectivity index (χ1) is 12.5. The van der Waals surface area contributed by atoms with Crippen molar-refractivity contribution in [1.82, 2.24) is 9.78 Å². The smallest absolute Gasteiger partial charge is 0.337 e. The van der Waals surface area contributed by atoms with Gasteiger partial charge in [-0.3, -0.25) is 4.79 Å².